The van der Waals surface area contributed by atoms with Crippen molar-refractivity contribution in [3.8, 4) is 0 Å². The van der Waals surface area contributed by atoms with Gasteiger partial charge in [0.05, 0.1) is 5.56 Å². The predicted molar refractivity (Wildman–Crippen MR) is 95.0 cm³/mol. The number of carbonyl (C=O) groups excluding carboxylic acids is 1. The highest BCUT2D eigenvalue weighted by Gasteiger charge is 2.54. The first-order valence-corrected chi connectivity index (χ1v) is 9.73. The van der Waals surface area contributed by atoms with E-state index in [4.69, 9.17) is 9.47 Å². The summed E-state index contributed by atoms with van der Waals surface area (Å²) in [6.45, 7) is 1.08. The van der Waals surface area contributed by atoms with Crippen molar-refractivity contribution in [3.05, 3.63) is 35.4 Å². The molecule has 1 saturated carbocycles. The summed E-state index contributed by atoms with van der Waals surface area (Å²) in [5, 5.41) is 10.4. The quantitative estimate of drug-likeness (QED) is 0.688. The van der Waals surface area contributed by atoms with E-state index in [0.29, 0.717) is 37.5 Å². The van der Waals surface area contributed by atoms with Gasteiger partial charge in [-0.2, -0.15) is 4.99 Å². The van der Waals surface area contributed by atoms with Gasteiger partial charge in [-0.15, -0.1) is 0 Å². The minimum Gasteiger partial charge on any atom is -0.454 e. The van der Waals surface area contributed by atoms with E-state index < -0.39 is 23.4 Å². The first kappa shape index (κ1) is 17.8. The number of esters is 1. The molecule has 3 heterocycles. The molecule has 6 nitrogen and oxygen atoms in total. The van der Waals surface area contributed by atoms with Crippen molar-refractivity contribution >= 4 is 12.0 Å². The van der Waals surface area contributed by atoms with E-state index in [1.807, 2.05) is 23.1 Å². The Morgan fingerprint density at radius 3 is 2.43 bits per heavy atom. The van der Waals surface area contributed by atoms with Crippen molar-refractivity contribution in [2.75, 3.05) is 13.1 Å². The summed E-state index contributed by atoms with van der Waals surface area (Å²) in [7, 11) is 0. The van der Waals surface area contributed by atoms with Crippen molar-refractivity contribution in [3.63, 3.8) is 0 Å². The normalized spacial score (nSPS) is 29.4. The summed E-state index contributed by atoms with van der Waals surface area (Å²) >= 11 is 0. The highest BCUT2D eigenvalue weighted by molar-refractivity contribution is 5.94. The number of aliphatic imine (C=N–C) groups is 1. The Bertz CT molecular complexity index is 838. The van der Waals surface area contributed by atoms with Gasteiger partial charge in [0.1, 0.15) is 5.60 Å². The fourth-order valence-corrected chi connectivity index (χ4v) is 4.80. The van der Waals surface area contributed by atoms with E-state index in [1.54, 1.807) is 6.07 Å². The molecule has 0 aromatic heterocycles. The fraction of sp³-hybridized carbons (Fsp3) is 0.600. The van der Waals surface area contributed by atoms with Crippen LogP contribution in [0, 0.1) is 0 Å². The number of amidine groups is 1. The molecular weight excluding hydrogens is 370 g/mol. The van der Waals surface area contributed by atoms with Crippen LogP contribution in [0.4, 0.5) is 8.78 Å². The van der Waals surface area contributed by atoms with Gasteiger partial charge >= 0.3 is 5.97 Å². The Labute approximate surface area is 161 Å². The van der Waals surface area contributed by atoms with E-state index in [2.05, 4.69) is 4.99 Å². The van der Waals surface area contributed by atoms with E-state index in [-0.39, 0.29) is 31.7 Å². The molecule has 1 aromatic carbocycles. The Morgan fingerprint density at radius 1 is 1.04 bits per heavy atom. The van der Waals surface area contributed by atoms with E-state index in [0.717, 1.165) is 5.56 Å². The molecule has 2 fully saturated rings. The van der Waals surface area contributed by atoms with E-state index in [1.165, 1.54) is 0 Å². The third kappa shape index (κ3) is 2.61. The van der Waals surface area contributed by atoms with Gasteiger partial charge in [-0.05, 0) is 18.9 Å². The Hall–Kier alpha value is -2.22. The molecule has 28 heavy (non-hydrogen) atoms. The average molecular weight is 392 g/mol. The van der Waals surface area contributed by atoms with Gasteiger partial charge in [0.25, 0.3) is 6.02 Å². The lowest BCUT2D eigenvalue weighted by molar-refractivity contribution is -0.129. The van der Waals surface area contributed by atoms with Crippen LogP contribution in [0.15, 0.2) is 29.3 Å². The number of rotatable bonds is 0. The molecule has 1 saturated heterocycles. The molecule has 0 radical (unpaired) electrons. The molecule has 5 rings (SSSR count). The second kappa shape index (κ2) is 5.89. The highest BCUT2D eigenvalue weighted by Crippen LogP contribution is 2.47. The number of aliphatic hydroxyl groups excluding tert-OH is 1. The van der Waals surface area contributed by atoms with E-state index in [9.17, 15) is 18.7 Å². The number of halogens is 2. The number of hydrogen-bond donors (Lipinski definition) is 1. The maximum Gasteiger partial charge on any atom is 0.339 e. The number of fused-ring (bicyclic) bond motifs is 2. The van der Waals surface area contributed by atoms with Crippen LogP contribution in [0.3, 0.4) is 0 Å². The summed E-state index contributed by atoms with van der Waals surface area (Å²) in [4.78, 5) is 18.3. The van der Waals surface area contributed by atoms with Crippen molar-refractivity contribution < 1.29 is 28.2 Å². The third-order valence-electron chi connectivity index (χ3n) is 6.59. The number of likely N-dealkylation sites (tertiary alicyclic amines) is 1. The molecule has 0 amide bonds. The summed E-state index contributed by atoms with van der Waals surface area (Å²) in [5.41, 5.74) is -0.145. The molecule has 150 valence electrons. The number of carbonyl (C=O) groups is 1. The SMILES string of the molecule is O=C1OC2(CCN(C3=NC(O)C4(CCC(F)(F)CC4)O3)CC2)c2ccccc21. The monoisotopic (exact) mass is 392 g/mol. The fourth-order valence-electron chi connectivity index (χ4n) is 4.80. The largest absolute Gasteiger partial charge is 0.454 e. The zero-order valence-corrected chi connectivity index (χ0v) is 15.4. The minimum atomic E-state index is -2.70. The van der Waals surface area contributed by atoms with Crippen molar-refractivity contribution in [1.29, 1.82) is 0 Å². The highest BCUT2D eigenvalue weighted by atomic mass is 19.3. The molecule has 2 spiro atoms. The summed E-state index contributed by atoms with van der Waals surface area (Å²) in [5.74, 6) is -3.00. The summed E-state index contributed by atoms with van der Waals surface area (Å²) in [6, 6.07) is 7.75. The summed E-state index contributed by atoms with van der Waals surface area (Å²) in [6.07, 6.45) is -0.405. The molecule has 1 aromatic rings. The molecule has 1 N–H and O–H groups in total. The second-order valence-electron chi connectivity index (χ2n) is 8.22. The van der Waals surface area contributed by atoms with Crippen molar-refractivity contribution in [2.24, 2.45) is 4.99 Å². The lowest BCUT2D eigenvalue weighted by Crippen LogP contribution is -2.49. The molecule has 4 aliphatic rings. The molecule has 1 atom stereocenters. The minimum absolute atomic E-state index is 0.0803. The smallest absolute Gasteiger partial charge is 0.339 e. The molecule has 0 bridgehead atoms. The molecule has 1 unspecified atom stereocenters. The van der Waals surface area contributed by atoms with Crippen LogP contribution in [0.25, 0.3) is 0 Å². The standard InChI is InChI=1S/C20H22F2N2O4/c21-20(22)7-5-19(6-8-20)16(26)23-17(28-19)24-11-9-18(10-12-24)14-4-2-1-3-13(14)15(25)27-18/h1-4,16,26H,5-12H2. The number of hydrogen-bond acceptors (Lipinski definition) is 6. The molecule has 1 aliphatic carbocycles. The number of piperidine rings is 1. The Balaban J connectivity index is 1.29. The lowest BCUT2D eigenvalue weighted by Gasteiger charge is -2.41. The van der Waals surface area contributed by atoms with Crippen LogP contribution in [0.2, 0.25) is 0 Å². The average Bonchev–Trinajstić information content (AvgIpc) is 3.15. The number of benzene rings is 1. The van der Waals surface area contributed by atoms with Crippen LogP contribution < -0.4 is 0 Å². The Morgan fingerprint density at radius 2 is 1.71 bits per heavy atom. The predicted octanol–water partition coefficient (Wildman–Crippen LogP) is 2.80. The molecular formula is C20H22F2N2O4. The third-order valence-corrected chi connectivity index (χ3v) is 6.59. The number of nitrogens with zero attached hydrogens (tertiary/aromatic N) is 2. The maximum absolute atomic E-state index is 13.5. The van der Waals surface area contributed by atoms with Gasteiger partial charge in [0.2, 0.25) is 5.92 Å². The first-order chi connectivity index (χ1) is 13.3. The van der Waals surface area contributed by atoms with Crippen LogP contribution >= 0.6 is 0 Å². The van der Waals surface area contributed by atoms with E-state index >= 15 is 0 Å². The second-order valence-corrected chi connectivity index (χ2v) is 8.22. The summed E-state index contributed by atoms with van der Waals surface area (Å²) < 4.78 is 38.7. The van der Waals surface area contributed by atoms with Gasteiger partial charge in [-0.1, -0.05) is 18.2 Å². The number of ether oxygens (including phenoxy) is 2. The zero-order valence-electron chi connectivity index (χ0n) is 15.4. The topological polar surface area (TPSA) is 71.4 Å². The van der Waals surface area contributed by atoms with Gasteiger partial charge in [-0.3, -0.25) is 0 Å². The molecule has 8 heteroatoms. The number of alkyl halides is 2. The maximum atomic E-state index is 13.5. The molecule has 3 aliphatic heterocycles. The van der Waals surface area contributed by atoms with Crippen LogP contribution in [-0.2, 0) is 15.1 Å². The van der Waals surface area contributed by atoms with Gasteiger partial charge in [0, 0.05) is 44.3 Å². The van der Waals surface area contributed by atoms with Gasteiger partial charge in [-0.25, -0.2) is 13.6 Å². The lowest BCUT2D eigenvalue weighted by atomic mass is 9.81. The van der Waals surface area contributed by atoms with Crippen molar-refractivity contribution in [1.82, 2.24) is 4.90 Å². The van der Waals surface area contributed by atoms with Crippen LogP contribution in [0.5, 0.6) is 0 Å². The van der Waals surface area contributed by atoms with Crippen LogP contribution in [-0.4, -0.2) is 52.8 Å². The van der Waals surface area contributed by atoms with Crippen LogP contribution in [0.1, 0.15) is 54.4 Å². The van der Waals surface area contributed by atoms with Gasteiger partial charge in [0.15, 0.2) is 11.8 Å². The first-order valence-electron chi connectivity index (χ1n) is 9.73. The Kier molecular flexibility index (Phi) is 3.75. The van der Waals surface area contributed by atoms with Crippen molar-refractivity contribution in [2.45, 2.75) is 61.9 Å². The zero-order chi connectivity index (χ0) is 19.6. The van der Waals surface area contributed by atoms with Gasteiger partial charge < -0.3 is 19.5 Å². The number of aliphatic hydroxyl groups is 1.